The van der Waals surface area contributed by atoms with Crippen LogP contribution in [0.25, 0.3) is 6.08 Å². The first-order valence-corrected chi connectivity index (χ1v) is 8.22. The molecule has 1 fully saturated rings. The van der Waals surface area contributed by atoms with Gasteiger partial charge in [0.2, 0.25) is 5.89 Å². The molecule has 7 nitrogen and oxygen atoms in total. The molecule has 0 saturated carbocycles. The van der Waals surface area contributed by atoms with Gasteiger partial charge >= 0.3 is 0 Å². The largest absolute Gasteiger partial charge is 0.488 e. The fraction of sp³-hybridized carbons (Fsp3) is 0.389. The smallest absolute Gasteiger partial charge is 0.254 e. The van der Waals surface area contributed by atoms with Crippen molar-refractivity contribution >= 4 is 12.0 Å². The van der Waals surface area contributed by atoms with Gasteiger partial charge in [-0.05, 0) is 19.1 Å². The highest BCUT2D eigenvalue weighted by Gasteiger charge is 2.40. The van der Waals surface area contributed by atoms with Crippen molar-refractivity contribution in [3.8, 4) is 5.75 Å². The molecule has 4 rings (SSSR count). The molecule has 3 heterocycles. The number of para-hydroxylation sites is 1. The maximum Gasteiger partial charge on any atom is 0.254 e. The molecule has 2 aliphatic heterocycles. The summed E-state index contributed by atoms with van der Waals surface area (Å²) in [6.07, 6.45) is 2.46. The van der Waals surface area contributed by atoms with E-state index in [9.17, 15) is 4.79 Å². The van der Waals surface area contributed by atoms with Gasteiger partial charge in [-0.3, -0.25) is 4.79 Å². The van der Waals surface area contributed by atoms with Gasteiger partial charge in [0.25, 0.3) is 5.91 Å². The summed E-state index contributed by atoms with van der Waals surface area (Å²) in [6.45, 7) is 2.50. The van der Waals surface area contributed by atoms with Crippen LogP contribution in [0.3, 0.4) is 0 Å². The zero-order valence-corrected chi connectivity index (χ0v) is 14.1. The first-order valence-electron chi connectivity index (χ1n) is 8.22. The van der Waals surface area contributed by atoms with E-state index in [1.54, 1.807) is 18.9 Å². The fourth-order valence-electron chi connectivity index (χ4n) is 3.30. The van der Waals surface area contributed by atoms with Crippen molar-refractivity contribution in [2.24, 2.45) is 0 Å². The van der Waals surface area contributed by atoms with Crippen LogP contribution < -0.4 is 4.74 Å². The van der Waals surface area contributed by atoms with Crippen LogP contribution in [0, 0.1) is 6.92 Å². The minimum Gasteiger partial charge on any atom is -0.488 e. The minimum atomic E-state index is -0.281. The highest BCUT2D eigenvalue weighted by atomic mass is 16.5. The lowest BCUT2D eigenvalue weighted by molar-refractivity contribution is -0.129. The Morgan fingerprint density at radius 2 is 2.20 bits per heavy atom. The Kier molecular flexibility index (Phi) is 4.01. The fourth-order valence-corrected chi connectivity index (χ4v) is 3.30. The van der Waals surface area contributed by atoms with Gasteiger partial charge in [0, 0.05) is 25.6 Å². The van der Waals surface area contributed by atoms with E-state index >= 15 is 0 Å². The van der Waals surface area contributed by atoms with E-state index in [1.165, 1.54) is 0 Å². The monoisotopic (exact) mass is 341 g/mol. The Labute approximate surface area is 145 Å². The van der Waals surface area contributed by atoms with Crippen LogP contribution in [0.5, 0.6) is 5.75 Å². The van der Waals surface area contributed by atoms with Crippen molar-refractivity contribution in [1.29, 1.82) is 0 Å². The van der Waals surface area contributed by atoms with Gasteiger partial charge in [0.05, 0.1) is 11.7 Å². The maximum absolute atomic E-state index is 13.1. The summed E-state index contributed by atoms with van der Waals surface area (Å²) in [7, 11) is 1.65. The number of benzene rings is 1. The lowest BCUT2D eigenvalue weighted by atomic mass is 10.1. The maximum atomic E-state index is 13.1. The van der Waals surface area contributed by atoms with Crippen molar-refractivity contribution in [3.05, 3.63) is 47.1 Å². The molecule has 1 amide bonds. The first-order chi connectivity index (χ1) is 12.2. The average Bonchev–Trinajstić information content (AvgIpc) is 3.26. The molecule has 0 bridgehead atoms. The summed E-state index contributed by atoms with van der Waals surface area (Å²) < 4.78 is 16.5. The Morgan fingerprint density at radius 3 is 2.96 bits per heavy atom. The number of aryl methyl sites for hydroxylation is 1. The molecule has 0 unspecified atom stereocenters. The number of hydrogen-bond donors (Lipinski definition) is 0. The molecule has 2 aliphatic rings. The van der Waals surface area contributed by atoms with Crippen molar-refractivity contribution in [1.82, 2.24) is 15.0 Å². The number of hydrogen-bond acceptors (Lipinski definition) is 6. The van der Waals surface area contributed by atoms with Crippen molar-refractivity contribution in [2.45, 2.75) is 25.5 Å². The SMILES string of the molecule is CO[C@H]1C[C@H](c2nc(C)no2)N(C(=O)C2=Cc3ccccc3OC2)C1. The number of likely N-dealkylation sites (tertiary alicyclic amines) is 1. The van der Waals surface area contributed by atoms with Gasteiger partial charge in [-0.2, -0.15) is 4.98 Å². The number of amides is 1. The number of carbonyl (C=O) groups excluding carboxylic acids is 1. The zero-order chi connectivity index (χ0) is 17.4. The summed E-state index contributed by atoms with van der Waals surface area (Å²) in [5.74, 6) is 1.70. The topological polar surface area (TPSA) is 77.7 Å². The van der Waals surface area contributed by atoms with E-state index in [0.717, 1.165) is 11.3 Å². The van der Waals surface area contributed by atoms with Crippen LogP contribution in [0.2, 0.25) is 0 Å². The second-order valence-corrected chi connectivity index (χ2v) is 6.24. The van der Waals surface area contributed by atoms with Crippen molar-refractivity contribution < 1.29 is 18.8 Å². The van der Waals surface area contributed by atoms with Crippen LogP contribution in [0.4, 0.5) is 0 Å². The summed E-state index contributed by atoms with van der Waals surface area (Å²) >= 11 is 0. The molecule has 0 aliphatic carbocycles. The van der Waals surface area contributed by atoms with E-state index in [-0.39, 0.29) is 24.7 Å². The summed E-state index contributed by atoms with van der Waals surface area (Å²) in [5, 5.41) is 3.84. The van der Waals surface area contributed by atoms with Crippen LogP contribution in [0.1, 0.15) is 29.7 Å². The first kappa shape index (κ1) is 15.8. The highest BCUT2D eigenvalue weighted by molar-refractivity contribution is 5.99. The van der Waals surface area contributed by atoms with Crippen LogP contribution in [-0.4, -0.2) is 47.3 Å². The number of ether oxygens (including phenoxy) is 2. The Balaban J connectivity index is 1.63. The number of nitrogens with zero attached hydrogens (tertiary/aromatic N) is 3. The molecule has 130 valence electrons. The third-order valence-corrected chi connectivity index (χ3v) is 4.59. The normalized spacial score (nSPS) is 22.3. The number of rotatable bonds is 3. The molecule has 0 spiro atoms. The summed E-state index contributed by atoms with van der Waals surface area (Å²) in [5.41, 5.74) is 1.52. The molecule has 1 aromatic heterocycles. The van der Waals surface area contributed by atoms with Gasteiger partial charge in [0.1, 0.15) is 18.4 Å². The molecule has 1 saturated heterocycles. The van der Waals surface area contributed by atoms with Gasteiger partial charge < -0.3 is 18.9 Å². The van der Waals surface area contributed by atoms with Gasteiger partial charge in [-0.1, -0.05) is 23.4 Å². The molecule has 0 radical (unpaired) electrons. The molecule has 25 heavy (non-hydrogen) atoms. The lowest BCUT2D eigenvalue weighted by Crippen LogP contribution is -2.35. The van der Waals surface area contributed by atoms with E-state index in [4.69, 9.17) is 14.0 Å². The predicted octanol–water partition coefficient (Wildman–Crippen LogP) is 2.14. The summed E-state index contributed by atoms with van der Waals surface area (Å²) in [4.78, 5) is 19.1. The van der Waals surface area contributed by atoms with Crippen molar-refractivity contribution in [2.75, 3.05) is 20.3 Å². The summed E-state index contributed by atoms with van der Waals surface area (Å²) in [6, 6.07) is 7.39. The second-order valence-electron chi connectivity index (χ2n) is 6.24. The van der Waals surface area contributed by atoms with Crippen LogP contribution in [-0.2, 0) is 9.53 Å². The van der Waals surface area contributed by atoms with E-state index < -0.39 is 0 Å². The minimum absolute atomic E-state index is 0.0569. The number of methoxy groups -OCH3 is 1. The van der Waals surface area contributed by atoms with Gasteiger partial charge in [-0.15, -0.1) is 0 Å². The molecule has 0 N–H and O–H groups in total. The highest BCUT2D eigenvalue weighted by Crippen LogP contribution is 2.35. The average molecular weight is 341 g/mol. The quantitative estimate of drug-likeness (QED) is 0.851. The Bertz CT molecular complexity index is 829. The van der Waals surface area contributed by atoms with E-state index in [0.29, 0.717) is 30.3 Å². The number of fused-ring (bicyclic) bond motifs is 1. The predicted molar refractivity (Wildman–Crippen MR) is 88.8 cm³/mol. The molecule has 2 aromatic rings. The lowest BCUT2D eigenvalue weighted by Gasteiger charge is -2.25. The zero-order valence-electron chi connectivity index (χ0n) is 14.1. The Hall–Kier alpha value is -2.67. The van der Waals surface area contributed by atoms with Crippen molar-refractivity contribution in [3.63, 3.8) is 0 Å². The van der Waals surface area contributed by atoms with Gasteiger partial charge in [0.15, 0.2) is 5.82 Å². The molecule has 7 heteroatoms. The molecule has 1 aromatic carbocycles. The number of aromatic nitrogens is 2. The third kappa shape index (κ3) is 2.91. The molecular formula is C18H19N3O4. The molecule has 2 atom stereocenters. The standard InChI is InChI=1S/C18H19N3O4/c1-11-19-17(25-20-11)15-8-14(23-2)9-21(15)18(22)13-7-12-5-3-4-6-16(12)24-10-13/h3-7,14-15H,8-10H2,1-2H3/t14-,15+/m0/s1. The number of carbonyl (C=O) groups is 1. The second kappa shape index (κ2) is 6.33. The van der Waals surface area contributed by atoms with Gasteiger partial charge in [-0.25, -0.2) is 0 Å². The van der Waals surface area contributed by atoms with E-state index in [1.807, 2.05) is 30.3 Å². The molecular weight excluding hydrogens is 322 g/mol. The van der Waals surface area contributed by atoms with Crippen LogP contribution in [0.15, 0.2) is 34.4 Å². The third-order valence-electron chi connectivity index (χ3n) is 4.59. The van der Waals surface area contributed by atoms with Crippen LogP contribution >= 0.6 is 0 Å². The van der Waals surface area contributed by atoms with E-state index in [2.05, 4.69) is 10.1 Å². The Morgan fingerprint density at radius 1 is 1.36 bits per heavy atom.